The molecule has 0 amide bonds. The summed E-state index contributed by atoms with van der Waals surface area (Å²) in [6.45, 7) is 4.69. The Kier molecular flexibility index (Phi) is 7.96. The molecule has 0 saturated heterocycles. The summed E-state index contributed by atoms with van der Waals surface area (Å²) in [6, 6.07) is 11.0. The van der Waals surface area contributed by atoms with Crippen molar-refractivity contribution in [1.29, 1.82) is 0 Å². The first-order chi connectivity index (χ1) is 18.0. The Morgan fingerprint density at radius 1 is 1.08 bits per heavy atom. The lowest BCUT2D eigenvalue weighted by atomic mass is 10.1. The smallest absolute Gasteiger partial charge is 0.387 e. The van der Waals surface area contributed by atoms with Gasteiger partial charge in [0.1, 0.15) is 12.1 Å². The molecular weight excluding hydrogens is 490 g/mol. The number of hydrogen-bond donors (Lipinski definition) is 3. The van der Waals surface area contributed by atoms with Crippen molar-refractivity contribution in [2.75, 3.05) is 42.7 Å². The molecule has 2 aromatic carbocycles. The van der Waals surface area contributed by atoms with Crippen molar-refractivity contribution in [1.82, 2.24) is 25.1 Å². The average Bonchev–Trinajstić information content (AvgIpc) is 3.23. The average molecular weight is 525 g/mol. The maximum absolute atomic E-state index is 13.4. The van der Waals surface area contributed by atoms with Crippen molar-refractivity contribution in [3.8, 4) is 17.0 Å². The summed E-state index contributed by atoms with van der Waals surface area (Å²) in [5.41, 5.74) is 4.39. The van der Waals surface area contributed by atoms with Gasteiger partial charge in [0.15, 0.2) is 5.75 Å². The number of benzene rings is 2. The fraction of sp³-hybridized carbons (Fsp3) is 0.370. The number of fused-ring (bicyclic) bond motifs is 1. The summed E-state index contributed by atoms with van der Waals surface area (Å²) in [5, 5.41) is 15.0. The van der Waals surface area contributed by atoms with E-state index in [4.69, 9.17) is 4.74 Å². The first-order valence-electron chi connectivity index (χ1n) is 12.3. The van der Waals surface area contributed by atoms with Crippen LogP contribution in [-0.4, -0.2) is 59.1 Å². The lowest BCUT2D eigenvalue weighted by Gasteiger charge is -2.27. The van der Waals surface area contributed by atoms with E-state index < -0.39 is 6.61 Å². The zero-order valence-corrected chi connectivity index (χ0v) is 22.5. The van der Waals surface area contributed by atoms with Crippen molar-refractivity contribution in [3.05, 3.63) is 48.9 Å². The van der Waals surface area contributed by atoms with E-state index in [2.05, 4.69) is 51.8 Å². The largest absolute Gasteiger partial charge is 0.433 e. The third-order valence-corrected chi connectivity index (χ3v) is 6.07. The van der Waals surface area contributed by atoms with Gasteiger partial charge in [-0.05, 0) is 39.0 Å². The topological polar surface area (TPSA) is 92.2 Å². The van der Waals surface area contributed by atoms with Gasteiger partial charge in [0, 0.05) is 62.9 Å². The van der Waals surface area contributed by atoms with Gasteiger partial charge in [-0.3, -0.25) is 4.68 Å². The second-order valence-corrected chi connectivity index (χ2v) is 10.0. The van der Waals surface area contributed by atoms with Crippen molar-refractivity contribution >= 4 is 33.8 Å². The summed E-state index contributed by atoms with van der Waals surface area (Å²) >= 11 is 0. The highest BCUT2D eigenvalue weighted by Gasteiger charge is 2.18. The number of aryl methyl sites for hydroxylation is 1. The number of nitrogens with one attached hydrogen (secondary N) is 3. The lowest BCUT2D eigenvalue weighted by molar-refractivity contribution is -0.0493. The van der Waals surface area contributed by atoms with Crippen LogP contribution in [0.25, 0.3) is 22.2 Å². The number of anilines is 4. The van der Waals surface area contributed by atoms with Gasteiger partial charge in [0.25, 0.3) is 0 Å². The number of alkyl halides is 2. The van der Waals surface area contributed by atoms with Gasteiger partial charge in [-0.2, -0.15) is 13.9 Å². The van der Waals surface area contributed by atoms with Gasteiger partial charge < -0.3 is 25.6 Å². The van der Waals surface area contributed by atoms with E-state index in [1.807, 2.05) is 37.2 Å². The number of rotatable bonds is 10. The molecule has 9 nitrogen and oxygen atoms in total. The first kappa shape index (κ1) is 27.1. The molecule has 0 aliphatic carbocycles. The van der Waals surface area contributed by atoms with Crippen LogP contribution in [0.4, 0.5) is 31.7 Å². The van der Waals surface area contributed by atoms with Gasteiger partial charge in [-0.25, -0.2) is 9.97 Å². The molecule has 0 fully saturated rings. The number of likely N-dealkylation sites (N-methyl/N-ethyl adjacent to an activating group) is 1. The van der Waals surface area contributed by atoms with E-state index in [0.717, 1.165) is 34.4 Å². The molecule has 3 N–H and O–H groups in total. The molecule has 4 aromatic rings. The molecular formula is C27H34F2N8O. The fourth-order valence-electron chi connectivity index (χ4n) is 4.14. The summed E-state index contributed by atoms with van der Waals surface area (Å²) in [6.07, 6.45) is 3.23. The van der Waals surface area contributed by atoms with Gasteiger partial charge in [-0.1, -0.05) is 6.07 Å². The Morgan fingerprint density at radius 2 is 1.87 bits per heavy atom. The number of hydrogen-bond acceptors (Lipinski definition) is 8. The van der Waals surface area contributed by atoms with Gasteiger partial charge in [-0.15, -0.1) is 0 Å². The van der Waals surface area contributed by atoms with Crippen LogP contribution in [0.5, 0.6) is 5.75 Å². The van der Waals surface area contributed by atoms with Crippen molar-refractivity contribution in [2.45, 2.75) is 32.9 Å². The van der Waals surface area contributed by atoms with Crippen LogP contribution in [0.15, 0.2) is 48.9 Å². The van der Waals surface area contributed by atoms with Crippen LogP contribution >= 0.6 is 0 Å². The van der Waals surface area contributed by atoms with Crippen molar-refractivity contribution < 1.29 is 13.5 Å². The second-order valence-electron chi connectivity index (χ2n) is 10.0. The van der Waals surface area contributed by atoms with E-state index in [0.29, 0.717) is 23.7 Å². The molecule has 0 spiro atoms. The minimum absolute atomic E-state index is 0.0153. The summed E-state index contributed by atoms with van der Waals surface area (Å²) in [7, 11) is 5.59. The molecule has 2 heterocycles. The van der Waals surface area contributed by atoms with Crippen LogP contribution in [0.3, 0.4) is 0 Å². The van der Waals surface area contributed by atoms with E-state index in [1.165, 1.54) is 6.33 Å². The number of nitrogens with zero attached hydrogens (tertiary/aromatic N) is 5. The Morgan fingerprint density at radius 3 is 2.58 bits per heavy atom. The molecule has 0 unspecified atom stereocenters. The molecule has 2 aromatic heterocycles. The highest BCUT2D eigenvalue weighted by molar-refractivity contribution is 5.85. The monoisotopic (exact) mass is 524 g/mol. The molecule has 38 heavy (non-hydrogen) atoms. The number of halogens is 2. The predicted octanol–water partition coefficient (Wildman–Crippen LogP) is 5.24. The summed E-state index contributed by atoms with van der Waals surface area (Å²) in [4.78, 5) is 10.7. The predicted molar refractivity (Wildman–Crippen MR) is 149 cm³/mol. The molecule has 0 aliphatic heterocycles. The molecule has 0 aliphatic rings. The van der Waals surface area contributed by atoms with Crippen LogP contribution in [-0.2, 0) is 7.05 Å². The lowest BCUT2D eigenvalue weighted by Crippen LogP contribution is -2.40. The maximum Gasteiger partial charge on any atom is 0.387 e. The molecule has 202 valence electrons. The highest BCUT2D eigenvalue weighted by Crippen LogP contribution is 2.39. The molecule has 11 heteroatoms. The van der Waals surface area contributed by atoms with E-state index >= 15 is 0 Å². The normalized spacial score (nSPS) is 11.7. The Bertz CT molecular complexity index is 1400. The van der Waals surface area contributed by atoms with E-state index in [-0.39, 0.29) is 11.3 Å². The van der Waals surface area contributed by atoms with Gasteiger partial charge in [0.05, 0.1) is 34.5 Å². The molecule has 4 rings (SSSR count). The molecule has 0 saturated carbocycles. The quantitative estimate of drug-likeness (QED) is 0.259. The molecule has 0 atom stereocenters. The zero-order chi connectivity index (χ0) is 27.4. The molecule has 0 radical (unpaired) electrons. The zero-order valence-electron chi connectivity index (χ0n) is 22.5. The van der Waals surface area contributed by atoms with Crippen LogP contribution in [0.2, 0.25) is 0 Å². The van der Waals surface area contributed by atoms with E-state index in [9.17, 15) is 8.78 Å². The number of aromatic nitrogens is 4. The standard InChI is InChI=1S/C27H34F2N8O/c1-27(2,3)33-9-10-36(5)23-14-24(38-26(28)29)21(12-20(23)30-4)35-25-13-19(31-16-32-25)17-7-8-22-18(11-17)15-34-37(22)6/h7-8,11-16,26,30,33H,9-10H2,1-6H3,(H,31,32,35). The van der Waals surface area contributed by atoms with Crippen molar-refractivity contribution in [3.63, 3.8) is 0 Å². The van der Waals surface area contributed by atoms with Crippen LogP contribution in [0.1, 0.15) is 20.8 Å². The molecule has 0 bridgehead atoms. The minimum Gasteiger partial charge on any atom is -0.433 e. The third-order valence-electron chi connectivity index (χ3n) is 6.07. The summed E-state index contributed by atoms with van der Waals surface area (Å²) in [5.74, 6) is 0.458. The highest BCUT2D eigenvalue weighted by atomic mass is 19.3. The van der Waals surface area contributed by atoms with Crippen molar-refractivity contribution in [2.24, 2.45) is 7.05 Å². The first-order valence-corrected chi connectivity index (χ1v) is 12.3. The van der Waals surface area contributed by atoms with Gasteiger partial charge >= 0.3 is 6.61 Å². The third kappa shape index (κ3) is 6.46. The minimum atomic E-state index is -2.98. The van der Waals surface area contributed by atoms with Crippen LogP contribution < -0.4 is 25.6 Å². The Balaban J connectivity index is 1.62. The maximum atomic E-state index is 13.4. The van der Waals surface area contributed by atoms with E-state index in [1.54, 1.807) is 36.1 Å². The summed E-state index contributed by atoms with van der Waals surface area (Å²) < 4.78 is 33.5. The Hall–Kier alpha value is -3.99. The number of ether oxygens (including phenoxy) is 1. The Labute approximate surface area is 221 Å². The van der Waals surface area contributed by atoms with Gasteiger partial charge in [0.2, 0.25) is 0 Å². The second kappa shape index (κ2) is 11.2. The van der Waals surface area contributed by atoms with Crippen LogP contribution in [0, 0.1) is 0 Å². The fourth-order valence-corrected chi connectivity index (χ4v) is 4.14. The SMILES string of the molecule is CNc1cc(Nc2cc(-c3ccc4c(cnn4C)c3)ncn2)c(OC(F)F)cc1N(C)CCNC(C)(C)C.